The molecule has 1 N–H and O–H groups in total. The third-order valence-electron chi connectivity index (χ3n) is 4.45. The molecule has 0 saturated heterocycles. The molecule has 2 aromatic rings. The minimum atomic E-state index is -0.843. The molecule has 1 aliphatic rings. The second-order valence-electron chi connectivity index (χ2n) is 6.09. The number of aliphatic hydroxyl groups excluding tert-OH is 1. The number of nitro groups is 1. The number of pyridine rings is 1. The topological polar surface area (TPSA) is 85.4 Å². The number of hydrogen-bond acceptors (Lipinski definition) is 4. The molecule has 0 bridgehead atoms. The van der Waals surface area contributed by atoms with Gasteiger partial charge in [0, 0.05) is 29.8 Å². The molecule has 6 heteroatoms. The van der Waals surface area contributed by atoms with Gasteiger partial charge in [-0.15, -0.1) is 0 Å². The van der Waals surface area contributed by atoms with E-state index in [-0.39, 0.29) is 11.2 Å². The van der Waals surface area contributed by atoms with Crippen molar-refractivity contribution < 1.29 is 10.0 Å². The number of hydrogen-bond donors (Lipinski definition) is 1. The number of aliphatic hydroxyl groups is 1. The number of non-ortho nitro benzene ring substituents is 1. The predicted molar refractivity (Wildman–Crippen MR) is 81.0 cm³/mol. The molecule has 0 aliphatic heterocycles. The molecule has 6 nitrogen and oxygen atoms in total. The minimum absolute atomic E-state index is 0.0138. The molecule has 0 amide bonds. The predicted octanol–water partition coefficient (Wildman–Crippen LogP) is 2.00. The second-order valence-corrected chi connectivity index (χ2v) is 6.09. The lowest BCUT2D eigenvalue weighted by Gasteiger charge is -2.27. The van der Waals surface area contributed by atoms with Crippen molar-refractivity contribution >= 4 is 5.69 Å². The average molecular weight is 300 g/mol. The summed E-state index contributed by atoms with van der Waals surface area (Å²) in [4.78, 5) is 22.6. The first-order valence-corrected chi connectivity index (χ1v) is 6.98. The number of rotatable bonds is 2. The highest BCUT2D eigenvalue weighted by atomic mass is 16.6. The third-order valence-corrected chi connectivity index (χ3v) is 4.45. The van der Waals surface area contributed by atoms with Crippen molar-refractivity contribution in [2.24, 2.45) is 0 Å². The van der Waals surface area contributed by atoms with Crippen LogP contribution in [0.15, 0.2) is 47.4 Å². The maximum absolute atomic E-state index is 12.1. The zero-order chi connectivity index (χ0) is 16.1. The number of fused-ring (bicyclic) bond motifs is 1. The van der Waals surface area contributed by atoms with Gasteiger partial charge in [-0.05, 0) is 23.3 Å². The maximum Gasteiger partial charge on any atom is 0.269 e. The summed E-state index contributed by atoms with van der Waals surface area (Å²) in [6, 6.07) is 8.80. The van der Waals surface area contributed by atoms with Crippen LogP contribution >= 0.6 is 0 Å². The summed E-state index contributed by atoms with van der Waals surface area (Å²) in [6.07, 6.45) is 0.785. The van der Waals surface area contributed by atoms with E-state index in [4.69, 9.17) is 0 Å². The molecule has 3 rings (SSSR count). The zero-order valence-corrected chi connectivity index (χ0v) is 12.3. The molecular weight excluding hydrogens is 284 g/mol. The number of nitrogens with zero attached hydrogens (tertiary/aromatic N) is 2. The Morgan fingerprint density at radius 3 is 2.64 bits per heavy atom. The molecule has 1 aliphatic carbocycles. The normalized spacial score (nSPS) is 22.3. The molecule has 22 heavy (non-hydrogen) atoms. The summed E-state index contributed by atoms with van der Waals surface area (Å²) < 4.78 is 1.48. The summed E-state index contributed by atoms with van der Waals surface area (Å²) in [5.74, 6) is 0. The molecule has 0 spiro atoms. The van der Waals surface area contributed by atoms with Gasteiger partial charge in [0.05, 0.1) is 17.1 Å². The van der Waals surface area contributed by atoms with E-state index in [1.54, 1.807) is 24.4 Å². The van der Waals surface area contributed by atoms with Crippen LogP contribution in [0, 0.1) is 10.1 Å². The zero-order valence-electron chi connectivity index (χ0n) is 12.3. The van der Waals surface area contributed by atoms with Gasteiger partial charge in [0.25, 0.3) is 11.2 Å². The summed E-state index contributed by atoms with van der Waals surface area (Å²) in [5.41, 5.74) is 0.543. The Balaban J connectivity index is 2.23. The first-order valence-electron chi connectivity index (χ1n) is 6.98. The summed E-state index contributed by atoms with van der Waals surface area (Å²) in [5, 5.41) is 21.7. The first-order chi connectivity index (χ1) is 10.3. The van der Waals surface area contributed by atoms with Gasteiger partial charge >= 0.3 is 0 Å². The van der Waals surface area contributed by atoms with Crippen LogP contribution in [0.3, 0.4) is 0 Å². The van der Waals surface area contributed by atoms with Crippen molar-refractivity contribution in [1.82, 2.24) is 4.57 Å². The molecule has 1 aromatic heterocycles. The highest BCUT2D eigenvalue weighted by Crippen LogP contribution is 2.47. The van der Waals surface area contributed by atoms with Gasteiger partial charge in [-0.2, -0.15) is 0 Å². The fourth-order valence-electron chi connectivity index (χ4n) is 3.17. The van der Waals surface area contributed by atoms with Crippen molar-refractivity contribution in [2.75, 3.05) is 0 Å². The molecule has 0 fully saturated rings. The Morgan fingerprint density at radius 1 is 1.27 bits per heavy atom. The summed E-state index contributed by atoms with van der Waals surface area (Å²) >= 11 is 0. The number of aromatic nitrogens is 1. The van der Waals surface area contributed by atoms with Crippen molar-refractivity contribution in [2.45, 2.75) is 31.4 Å². The lowest BCUT2D eigenvalue weighted by Crippen LogP contribution is -2.37. The van der Waals surface area contributed by atoms with E-state index in [9.17, 15) is 20.0 Å². The fraction of sp³-hybridized carbons (Fsp3) is 0.312. The lowest BCUT2D eigenvalue weighted by atomic mass is 9.84. The lowest BCUT2D eigenvalue weighted by molar-refractivity contribution is -0.385. The minimum Gasteiger partial charge on any atom is -0.390 e. The Bertz CT molecular complexity index is 810. The van der Waals surface area contributed by atoms with Gasteiger partial charge < -0.3 is 9.67 Å². The van der Waals surface area contributed by atoms with Crippen LogP contribution in [-0.4, -0.2) is 20.7 Å². The number of benzene rings is 1. The van der Waals surface area contributed by atoms with Crippen LogP contribution in [0.2, 0.25) is 0 Å². The van der Waals surface area contributed by atoms with Gasteiger partial charge in [0.1, 0.15) is 0 Å². The summed E-state index contributed by atoms with van der Waals surface area (Å²) in [7, 11) is 0. The monoisotopic (exact) mass is 300 g/mol. The van der Waals surface area contributed by atoms with Crippen molar-refractivity contribution in [1.29, 1.82) is 0 Å². The average Bonchev–Trinajstić information content (AvgIpc) is 2.67. The summed E-state index contributed by atoms with van der Waals surface area (Å²) in [6.45, 7) is 3.66. The Morgan fingerprint density at radius 2 is 2.00 bits per heavy atom. The largest absolute Gasteiger partial charge is 0.390 e. The van der Waals surface area contributed by atoms with Crippen molar-refractivity contribution in [3.63, 3.8) is 0 Å². The quantitative estimate of drug-likeness (QED) is 0.679. The van der Waals surface area contributed by atoms with Gasteiger partial charge in [0.15, 0.2) is 0 Å². The van der Waals surface area contributed by atoms with E-state index in [0.717, 1.165) is 5.56 Å². The standard InChI is InChI=1S/C16H16N2O4/c1-16(2)12-9-10(18(21)22)6-7-11(12)14(15(16)20)17-8-4-3-5-13(17)19/h3-9,14-15,20H,1-2H3/t14-,15+/m1/s1. The van der Waals surface area contributed by atoms with Crippen molar-refractivity contribution in [3.8, 4) is 0 Å². The number of nitro benzene ring substituents is 1. The van der Waals surface area contributed by atoms with Crippen LogP contribution in [0.5, 0.6) is 0 Å². The molecule has 1 heterocycles. The Labute approximate surface area is 126 Å². The van der Waals surface area contributed by atoms with Gasteiger partial charge in [-0.25, -0.2) is 0 Å². The van der Waals surface area contributed by atoms with E-state index in [0.29, 0.717) is 5.56 Å². The molecule has 0 radical (unpaired) electrons. The highest BCUT2D eigenvalue weighted by Gasteiger charge is 2.47. The molecule has 0 saturated carbocycles. The van der Waals surface area contributed by atoms with E-state index in [2.05, 4.69) is 0 Å². The Hall–Kier alpha value is -2.47. The van der Waals surface area contributed by atoms with Crippen LogP contribution in [-0.2, 0) is 5.41 Å². The second kappa shape index (κ2) is 4.78. The van der Waals surface area contributed by atoms with E-state index in [1.807, 2.05) is 13.8 Å². The maximum atomic E-state index is 12.1. The van der Waals surface area contributed by atoms with Crippen LogP contribution in [0.25, 0.3) is 0 Å². The van der Waals surface area contributed by atoms with Gasteiger partial charge in [-0.1, -0.05) is 19.9 Å². The van der Waals surface area contributed by atoms with Crippen LogP contribution < -0.4 is 5.56 Å². The van der Waals surface area contributed by atoms with Crippen molar-refractivity contribution in [3.05, 3.63) is 74.2 Å². The van der Waals surface area contributed by atoms with E-state index < -0.39 is 22.5 Å². The molecule has 114 valence electrons. The molecular formula is C16H16N2O4. The Kier molecular flexibility index (Phi) is 3.14. The third kappa shape index (κ3) is 1.95. The highest BCUT2D eigenvalue weighted by molar-refractivity contribution is 5.50. The van der Waals surface area contributed by atoms with Crippen LogP contribution in [0.1, 0.15) is 31.0 Å². The fourth-order valence-corrected chi connectivity index (χ4v) is 3.17. The van der Waals surface area contributed by atoms with E-state index in [1.165, 1.54) is 22.8 Å². The molecule has 0 unspecified atom stereocenters. The van der Waals surface area contributed by atoms with Crippen LogP contribution in [0.4, 0.5) is 5.69 Å². The molecule has 1 aromatic carbocycles. The smallest absolute Gasteiger partial charge is 0.269 e. The molecule has 2 atom stereocenters. The van der Waals surface area contributed by atoms with Gasteiger partial charge in [0.2, 0.25) is 0 Å². The SMILES string of the molecule is CC1(C)c2cc([N+](=O)[O-])ccc2[C@@H](n2ccccc2=O)[C@@H]1O. The first kappa shape index (κ1) is 14.5. The van der Waals surface area contributed by atoms with Gasteiger partial charge in [-0.3, -0.25) is 14.9 Å². The van der Waals surface area contributed by atoms with E-state index >= 15 is 0 Å².